The number of hydrogen-bond donors (Lipinski definition) is 2. The Kier molecular flexibility index (Phi) is 3.31. The summed E-state index contributed by atoms with van der Waals surface area (Å²) in [5.41, 5.74) is 9.85. The Bertz CT molecular complexity index is 369. The van der Waals surface area contributed by atoms with Crippen LogP contribution < -0.4 is 5.73 Å². The molecule has 0 saturated carbocycles. The van der Waals surface area contributed by atoms with E-state index < -0.39 is 0 Å². The van der Waals surface area contributed by atoms with Crippen LogP contribution in [0.15, 0.2) is 18.2 Å². The minimum Gasteiger partial charge on any atom is -0.396 e. The van der Waals surface area contributed by atoms with Gasteiger partial charge in [0.1, 0.15) is 0 Å². The fourth-order valence-corrected chi connectivity index (χ4v) is 2.42. The molecule has 0 spiro atoms. The van der Waals surface area contributed by atoms with Crippen molar-refractivity contribution in [3.05, 3.63) is 34.9 Å². The first kappa shape index (κ1) is 11.6. The van der Waals surface area contributed by atoms with Crippen LogP contribution in [-0.4, -0.2) is 18.3 Å². The molecule has 1 atom stereocenters. The van der Waals surface area contributed by atoms with Crippen molar-refractivity contribution < 1.29 is 5.11 Å². The number of hydrogen-bond acceptors (Lipinski definition) is 2. The van der Waals surface area contributed by atoms with Crippen LogP contribution in [0.4, 0.5) is 0 Å². The third-order valence-electron chi connectivity index (χ3n) is 3.67. The normalized spacial score (nSPS) is 18.2. The molecule has 1 aromatic rings. The second kappa shape index (κ2) is 4.56. The lowest BCUT2D eigenvalue weighted by atomic mass is 9.84. The summed E-state index contributed by atoms with van der Waals surface area (Å²) in [5, 5.41) is 9.36. The van der Waals surface area contributed by atoms with Gasteiger partial charge in [-0.3, -0.25) is 0 Å². The molecule has 0 bridgehead atoms. The zero-order valence-electron chi connectivity index (χ0n) is 10.00. The number of aliphatic hydroxyl groups is 1. The maximum absolute atomic E-state index is 9.36. The highest BCUT2D eigenvalue weighted by Crippen LogP contribution is 2.26. The molecule has 1 aliphatic carbocycles. The molecule has 2 nitrogen and oxygen atoms in total. The van der Waals surface area contributed by atoms with E-state index in [2.05, 4.69) is 18.2 Å². The number of fused-ring (bicyclic) bond motifs is 1. The average Bonchev–Trinajstić information content (AvgIpc) is 2.76. The molecule has 1 aromatic carbocycles. The van der Waals surface area contributed by atoms with Gasteiger partial charge in [-0.15, -0.1) is 0 Å². The summed E-state index contributed by atoms with van der Waals surface area (Å²) in [6.45, 7) is 2.72. The van der Waals surface area contributed by atoms with E-state index in [0.29, 0.717) is 6.54 Å². The molecule has 88 valence electrons. The minimum absolute atomic E-state index is 0.153. The molecule has 16 heavy (non-hydrogen) atoms. The van der Waals surface area contributed by atoms with Gasteiger partial charge in [-0.05, 0) is 42.4 Å². The number of aliphatic hydroxyl groups excluding tert-OH is 1. The van der Waals surface area contributed by atoms with E-state index in [4.69, 9.17) is 5.73 Å². The van der Waals surface area contributed by atoms with Crippen molar-refractivity contribution in [2.45, 2.75) is 32.6 Å². The van der Waals surface area contributed by atoms with E-state index in [1.54, 1.807) is 0 Å². The highest BCUT2D eigenvalue weighted by Gasteiger charge is 2.22. The average molecular weight is 219 g/mol. The second-order valence-electron chi connectivity index (χ2n) is 5.31. The Hall–Kier alpha value is -0.860. The first-order valence-corrected chi connectivity index (χ1v) is 6.08. The molecular formula is C14H21NO. The molecule has 2 rings (SSSR count). The molecule has 0 amide bonds. The van der Waals surface area contributed by atoms with Crippen LogP contribution in [0.1, 0.15) is 30.0 Å². The standard InChI is InChI=1S/C14H21NO/c1-14(9-15,10-16)8-11-5-6-12-3-2-4-13(12)7-11/h5-7,16H,2-4,8-10,15H2,1H3. The fourth-order valence-electron chi connectivity index (χ4n) is 2.42. The number of rotatable bonds is 4. The van der Waals surface area contributed by atoms with Crippen LogP contribution in [0.2, 0.25) is 0 Å². The van der Waals surface area contributed by atoms with Crippen LogP contribution in [0.5, 0.6) is 0 Å². The van der Waals surface area contributed by atoms with E-state index in [9.17, 15) is 5.11 Å². The van der Waals surface area contributed by atoms with Gasteiger partial charge in [-0.2, -0.15) is 0 Å². The monoisotopic (exact) mass is 219 g/mol. The lowest BCUT2D eigenvalue weighted by molar-refractivity contribution is 0.149. The lowest BCUT2D eigenvalue weighted by Gasteiger charge is -2.25. The van der Waals surface area contributed by atoms with Crippen molar-refractivity contribution in [3.8, 4) is 0 Å². The van der Waals surface area contributed by atoms with Gasteiger partial charge >= 0.3 is 0 Å². The van der Waals surface area contributed by atoms with E-state index >= 15 is 0 Å². The Morgan fingerprint density at radius 3 is 2.75 bits per heavy atom. The Labute approximate surface area is 97.5 Å². The lowest BCUT2D eigenvalue weighted by Crippen LogP contribution is -2.33. The molecule has 3 N–H and O–H groups in total. The molecular weight excluding hydrogens is 198 g/mol. The van der Waals surface area contributed by atoms with E-state index in [-0.39, 0.29) is 12.0 Å². The van der Waals surface area contributed by atoms with E-state index in [0.717, 1.165) is 6.42 Å². The largest absolute Gasteiger partial charge is 0.396 e. The van der Waals surface area contributed by atoms with Gasteiger partial charge in [-0.25, -0.2) is 0 Å². The molecule has 1 unspecified atom stereocenters. The third-order valence-corrected chi connectivity index (χ3v) is 3.67. The quantitative estimate of drug-likeness (QED) is 0.809. The van der Waals surface area contributed by atoms with E-state index in [1.807, 2.05) is 6.92 Å². The maximum Gasteiger partial charge on any atom is 0.0500 e. The highest BCUT2D eigenvalue weighted by molar-refractivity contribution is 5.35. The van der Waals surface area contributed by atoms with Crippen LogP contribution in [0, 0.1) is 5.41 Å². The highest BCUT2D eigenvalue weighted by atomic mass is 16.3. The SMILES string of the molecule is CC(CN)(CO)Cc1ccc2c(c1)CCC2. The molecule has 0 aliphatic heterocycles. The van der Waals surface area contributed by atoms with Gasteiger partial charge in [0.2, 0.25) is 0 Å². The third kappa shape index (κ3) is 2.28. The van der Waals surface area contributed by atoms with Gasteiger partial charge in [0.25, 0.3) is 0 Å². The van der Waals surface area contributed by atoms with Crippen molar-refractivity contribution in [1.82, 2.24) is 0 Å². The Morgan fingerprint density at radius 2 is 2.06 bits per heavy atom. The summed E-state index contributed by atoms with van der Waals surface area (Å²) in [6.07, 6.45) is 4.59. The number of aryl methyl sites for hydroxylation is 2. The smallest absolute Gasteiger partial charge is 0.0500 e. The van der Waals surface area contributed by atoms with Gasteiger partial charge < -0.3 is 10.8 Å². The van der Waals surface area contributed by atoms with Gasteiger partial charge in [0.05, 0.1) is 0 Å². The maximum atomic E-state index is 9.36. The van der Waals surface area contributed by atoms with Gasteiger partial charge in [0, 0.05) is 18.6 Å². The predicted octanol–water partition coefficient (Wildman–Crippen LogP) is 1.68. The fraction of sp³-hybridized carbons (Fsp3) is 0.571. The Balaban J connectivity index is 2.16. The molecule has 2 heteroatoms. The summed E-state index contributed by atoms with van der Waals surface area (Å²) in [7, 11) is 0. The van der Waals surface area contributed by atoms with Crippen molar-refractivity contribution in [1.29, 1.82) is 0 Å². The Morgan fingerprint density at radius 1 is 1.31 bits per heavy atom. The van der Waals surface area contributed by atoms with Crippen molar-refractivity contribution in [2.75, 3.05) is 13.2 Å². The molecule has 0 radical (unpaired) electrons. The number of benzene rings is 1. The molecule has 0 aromatic heterocycles. The molecule has 0 heterocycles. The van der Waals surface area contributed by atoms with Crippen LogP contribution in [0.3, 0.4) is 0 Å². The summed E-state index contributed by atoms with van der Waals surface area (Å²) in [5.74, 6) is 0. The van der Waals surface area contributed by atoms with Crippen LogP contribution >= 0.6 is 0 Å². The first-order valence-electron chi connectivity index (χ1n) is 6.08. The second-order valence-corrected chi connectivity index (χ2v) is 5.31. The summed E-state index contributed by atoms with van der Waals surface area (Å²) < 4.78 is 0. The first-order chi connectivity index (χ1) is 7.67. The molecule has 1 aliphatic rings. The van der Waals surface area contributed by atoms with Crippen LogP contribution in [-0.2, 0) is 19.3 Å². The van der Waals surface area contributed by atoms with Crippen molar-refractivity contribution >= 4 is 0 Å². The number of nitrogens with two attached hydrogens (primary N) is 1. The zero-order valence-corrected chi connectivity index (χ0v) is 10.00. The van der Waals surface area contributed by atoms with Crippen LogP contribution in [0.25, 0.3) is 0 Å². The molecule has 0 saturated heterocycles. The minimum atomic E-state index is -0.174. The summed E-state index contributed by atoms with van der Waals surface area (Å²) in [6, 6.07) is 6.73. The van der Waals surface area contributed by atoms with E-state index in [1.165, 1.54) is 36.0 Å². The van der Waals surface area contributed by atoms with Crippen molar-refractivity contribution in [3.63, 3.8) is 0 Å². The predicted molar refractivity (Wildman–Crippen MR) is 66.4 cm³/mol. The molecule has 0 fully saturated rings. The van der Waals surface area contributed by atoms with Crippen molar-refractivity contribution in [2.24, 2.45) is 11.1 Å². The topological polar surface area (TPSA) is 46.2 Å². The summed E-state index contributed by atoms with van der Waals surface area (Å²) in [4.78, 5) is 0. The van der Waals surface area contributed by atoms with Gasteiger partial charge in [-0.1, -0.05) is 25.1 Å². The van der Waals surface area contributed by atoms with Gasteiger partial charge in [0.15, 0.2) is 0 Å². The zero-order chi connectivity index (χ0) is 11.6. The summed E-state index contributed by atoms with van der Waals surface area (Å²) >= 11 is 0.